The van der Waals surface area contributed by atoms with E-state index >= 15 is 0 Å². The summed E-state index contributed by atoms with van der Waals surface area (Å²) in [6, 6.07) is 17.1. The molecular weight excluding hydrogens is 634 g/mol. The number of amides is 3. The maximum Gasteiger partial charge on any atom is 0.323 e. The Bertz CT molecular complexity index is 1950. The number of anilines is 3. The second kappa shape index (κ2) is 13.7. The number of hydrogen-bond acceptors (Lipinski definition) is 8. The summed E-state index contributed by atoms with van der Waals surface area (Å²) in [5.74, 6) is 0.938. The second-order valence-corrected chi connectivity index (χ2v) is 14.7. The molecule has 2 unspecified atom stereocenters. The molecule has 4 aromatic rings. The van der Waals surface area contributed by atoms with Crippen LogP contribution in [0.2, 0.25) is 0 Å². The van der Waals surface area contributed by atoms with Gasteiger partial charge in [0.2, 0.25) is 10.0 Å². The monoisotopic (exact) mass is 675 g/mol. The maximum atomic E-state index is 13.4. The van der Waals surface area contributed by atoms with Crippen LogP contribution in [0.3, 0.4) is 0 Å². The molecule has 1 aromatic heterocycles. The van der Waals surface area contributed by atoms with Crippen molar-refractivity contribution in [3.05, 3.63) is 78.1 Å². The molecule has 5 rings (SSSR count). The minimum atomic E-state index is -3.63. The number of morpholine rings is 1. The Morgan fingerprint density at radius 2 is 1.56 bits per heavy atom. The number of carbonyl (C=O) groups excluding carboxylic acids is 2. The predicted octanol–water partition coefficient (Wildman–Crippen LogP) is 6.60. The number of carbonyl (C=O) groups is 2. The van der Waals surface area contributed by atoms with Gasteiger partial charge in [-0.1, -0.05) is 45.0 Å². The van der Waals surface area contributed by atoms with Crippen molar-refractivity contribution in [2.75, 3.05) is 41.8 Å². The van der Waals surface area contributed by atoms with Gasteiger partial charge in [0.05, 0.1) is 42.6 Å². The molecule has 0 saturated carbocycles. The number of rotatable bonds is 8. The van der Waals surface area contributed by atoms with Crippen molar-refractivity contribution in [2.45, 2.75) is 52.2 Å². The van der Waals surface area contributed by atoms with Gasteiger partial charge in [-0.15, -0.1) is 0 Å². The summed E-state index contributed by atoms with van der Waals surface area (Å²) >= 11 is 0. The number of ether oxygens (including phenoxy) is 3. The van der Waals surface area contributed by atoms with E-state index in [0.29, 0.717) is 41.3 Å². The third-order valence-electron chi connectivity index (χ3n) is 7.72. The SMILES string of the molecule is COc1c(NC(=O)Nc2ccc(Oc3ccnc(C(=O)N4CC(C)OC(C)C4)c3)c3ccccc23)cc(C(C)(C)C)cc1NS(C)(=O)=O. The van der Waals surface area contributed by atoms with Gasteiger partial charge in [-0.25, -0.2) is 13.2 Å². The van der Waals surface area contributed by atoms with Gasteiger partial charge in [0.25, 0.3) is 5.91 Å². The lowest BCUT2D eigenvalue weighted by molar-refractivity contribution is -0.0587. The number of sulfonamides is 1. The largest absolute Gasteiger partial charge is 0.492 e. The van der Waals surface area contributed by atoms with Gasteiger partial charge in [0, 0.05) is 36.1 Å². The molecule has 1 saturated heterocycles. The third kappa shape index (κ3) is 8.15. The van der Waals surface area contributed by atoms with Crippen LogP contribution in [0.5, 0.6) is 17.2 Å². The smallest absolute Gasteiger partial charge is 0.323 e. The van der Waals surface area contributed by atoms with Gasteiger partial charge in [-0.05, 0) is 55.2 Å². The lowest BCUT2D eigenvalue weighted by Gasteiger charge is -2.35. The fourth-order valence-corrected chi connectivity index (χ4v) is 6.17. The Morgan fingerprint density at radius 1 is 0.917 bits per heavy atom. The fraction of sp³-hybridized carbons (Fsp3) is 0.343. The van der Waals surface area contributed by atoms with E-state index in [4.69, 9.17) is 14.2 Å². The number of aromatic nitrogens is 1. The molecule has 2 heterocycles. The average molecular weight is 676 g/mol. The van der Waals surface area contributed by atoms with E-state index in [2.05, 4.69) is 20.3 Å². The first-order valence-corrected chi connectivity index (χ1v) is 17.4. The van der Waals surface area contributed by atoms with Crippen molar-refractivity contribution in [1.82, 2.24) is 9.88 Å². The summed E-state index contributed by atoms with van der Waals surface area (Å²) in [7, 11) is -2.23. The van der Waals surface area contributed by atoms with E-state index < -0.39 is 16.1 Å². The van der Waals surface area contributed by atoms with Crippen LogP contribution in [0.1, 0.15) is 50.7 Å². The molecular formula is C35H41N5O7S. The number of fused-ring (bicyclic) bond motifs is 1. The molecule has 13 heteroatoms. The summed E-state index contributed by atoms with van der Waals surface area (Å²) in [4.78, 5) is 32.7. The van der Waals surface area contributed by atoms with E-state index in [1.165, 1.54) is 13.3 Å². The molecule has 0 spiro atoms. The van der Waals surface area contributed by atoms with Gasteiger partial charge < -0.3 is 29.7 Å². The zero-order valence-corrected chi connectivity index (χ0v) is 28.9. The number of benzene rings is 3. The van der Waals surface area contributed by atoms with Gasteiger partial charge in [0.1, 0.15) is 17.2 Å². The molecule has 1 aliphatic rings. The zero-order valence-electron chi connectivity index (χ0n) is 28.1. The molecule has 12 nitrogen and oxygen atoms in total. The topological polar surface area (TPSA) is 148 Å². The summed E-state index contributed by atoms with van der Waals surface area (Å²) in [6.07, 6.45) is 2.46. The molecule has 1 fully saturated rings. The van der Waals surface area contributed by atoms with E-state index in [-0.39, 0.29) is 40.7 Å². The van der Waals surface area contributed by atoms with Crippen molar-refractivity contribution in [3.63, 3.8) is 0 Å². The Morgan fingerprint density at radius 3 is 2.21 bits per heavy atom. The minimum Gasteiger partial charge on any atom is -0.492 e. The van der Waals surface area contributed by atoms with Gasteiger partial charge >= 0.3 is 6.03 Å². The Balaban J connectivity index is 1.39. The van der Waals surface area contributed by atoms with Crippen molar-refractivity contribution < 1.29 is 32.2 Å². The standard InChI is InChI=1S/C35H41N5O7S/c1-21-19-40(20-22(2)46-21)33(41)30-18-24(14-15-36-30)47-31-13-12-27(25-10-8-9-11-26(25)31)37-34(42)38-28-16-23(35(3,4)5)17-29(32(28)45-6)39-48(7,43)44/h8-18,21-22,39H,19-20H2,1-7H3,(H2,37,38,42). The van der Waals surface area contributed by atoms with E-state index in [1.807, 2.05) is 58.9 Å². The Kier molecular flexibility index (Phi) is 9.83. The molecule has 2 atom stereocenters. The van der Waals surface area contributed by atoms with Crippen molar-refractivity contribution in [1.29, 1.82) is 0 Å². The quantitative estimate of drug-likeness (QED) is 0.189. The van der Waals surface area contributed by atoms with Crippen LogP contribution in [-0.4, -0.2) is 68.9 Å². The average Bonchev–Trinajstić information content (AvgIpc) is 3.00. The van der Waals surface area contributed by atoms with Gasteiger partial charge in [-0.3, -0.25) is 14.5 Å². The van der Waals surface area contributed by atoms with Crippen LogP contribution in [0.4, 0.5) is 21.9 Å². The molecule has 0 radical (unpaired) electrons. The normalized spacial score (nSPS) is 16.7. The van der Waals surface area contributed by atoms with Crippen molar-refractivity contribution in [3.8, 4) is 17.2 Å². The summed E-state index contributed by atoms with van der Waals surface area (Å²) in [6.45, 7) is 10.8. The summed E-state index contributed by atoms with van der Waals surface area (Å²) < 4.78 is 44.2. The van der Waals surface area contributed by atoms with Gasteiger partial charge in [-0.2, -0.15) is 0 Å². The molecule has 1 aliphatic heterocycles. The summed E-state index contributed by atoms with van der Waals surface area (Å²) in [5.41, 5.74) is 1.71. The highest BCUT2D eigenvalue weighted by Gasteiger charge is 2.28. The van der Waals surface area contributed by atoms with Crippen LogP contribution in [-0.2, 0) is 20.2 Å². The molecule has 0 aliphatic carbocycles. The fourth-order valence-electron chi connectivity index (χ4n) is 5.62. The van der Waals surface area contributed by atoms with Crippen molar-refractivity contribution >= 4 is 49.8 Å². The highest BCUT2D eigenvalue weighted by Crippen LogP contribution is 2.40. The number of hydrogen-bond donors (Lipinski definition) is 3. The molecule has 254 valence electrons. The molecule has 3 N–H and O–H groups in total. The highest BCUT2D eigenvalue weighted by molar-refractivity contribution is 7.92. The highest BCUT2D eigenvalue weighted by atomic mass is 32.2. The minimum absolute atomic E-state index is 0.0669. The lowest BCUT2D eigenvalue weighted by Crippen LogP contribution is -2.48. The van der Waals surface area contributed by atoms with E-state index in [9.17, 15) is 18.0 Å². The first kappa shape index (κ1) is 34.5. The maximum absolute atomic E-state index is 13.4. The number of methoxy groups -OCH3 is 1. The molecule has 48 heavy (non-hydrogen) atoms. The lowest BCUT2D eigenvalue weighted by atomic mass is 9.86. The second-order valence-electron chi connectivity index (χ2n) is 12.9. The number of nitrogens with zero attached hydrogens (tertiary/aromatic N) is 2. The van der Waals surface area contributed by atoms with Crippen LogP contribution in [0.25, 0.3) is 10.8 Å². The molecule has 0 bridgehead atoms. The number of urea groups is 1. The van der Waals surface area contributed by atoms with Crippen LogP contribution in [0, 0.1) is 0 Å². The first-order valence-electron chi connectivity index (χ1n) is 15.5. The Labute approximate surface area is 280 Å². The number of nitrogens with one attached hydrogen (secondary N) is 3. The van der Waals surface area contributed by atoms with Crippen LogP contribution in [0.15, 0.2) is 66.9 Å². The third-order valence-corrected chi connectivity index (χ3v) is 8.31. The molecule has 3 amide bonds. The first-order chi connectivity index (χ1) is 22.6. The van der Waals surface area contributed by atoms with E-state index in [1.54, 1.807) is 41.3 Å². The van der Waals surface area contributed by atoms with E-state index in [0.717, 1.165) is 17.2 Å². The predicted molar refractivity (Wildman–Crippen MR) is 187 cm³/mol. The zero-order chi connectivity index (χ0) is 34.8. The Hall–Kier alpha value is -4.88. The summed E-state index contributed by atoms with van der Waals surface area (Å²) in [5, 5.41) is 7.16. The van der Waals surface area contributed by atoms with Crippen LogP contribution >= 0.6 is 0 Å². The molecule has 3 aromatic carbocycles. The van der Waals surface area contributed by atoms with Crippen molar-refractivity contribution in [2.24, 2.45) is 0 Å². The van der Waals surface area contributed by atoms with Gasteiger partial charge in [0.15, 0.2) is 5.75 Å². The number of pyridine rings is 1. The van der Waals surface area contributed by atoms with Crippen LogP contribution < -0.4 is 24.8 Å².